The van der Waals surface area contributed by atoms with Crippen LogP contribution in [0.3, 0.4) is 0 Å². The fourth-order valence-electron chi connectivity index (χ4n) is 8.08. The second-order valence-electron chi connectivity index (χ2n) is 14.2. The van der Waals surface area contributed by atoms with Crippen molar-refractivity contribution in [3.63, 3.8) is 0 Å². The summed E-state index contributed by atoms with van der Waals surface area (Å²) in [5.74, 6) is 0.664. The molecule has 11 rings (SSSR count). The van der Waals surface area contributed by atoms with E-state index in [2.05, 4.69) is 180 Å². The quantitative estimate of drug-likeness (QED) is 0.172. The van der Waals surface area contributed by atoms with Crippen LogP contribution in [-0.2, 0) is 0 Å². The SMILES string of the molecule is c1ccc(-c2ccc(-c3cc(-c4ccc(-c5ccccc5)cc4)nc(-c4ccc5c6ccccc6n(-c6cccc7c6oc6ccccc67)c5c4)n3)cc2)cc1. The van der Waals surface area contributed by atoms with Crippen LogP contribution < -0.4 is 0 Å². The van der Waals surface area contributed by atoms with Gasteiger partial charge in [0.1, 0.15) is 5.58 Å². The lowest BCUT2D eigenvalue weighted by Crippen LogP contribution is -1.97. The Balaban J connectivity index is 1.10. The van der Waals surface area contributed by atoms with E-state index in [-0.39, 0.29) is 0 Å². The lowest BCUT2D eigenvalue weighted by molar-refractivity contribution is 0.666. The first-order chi connectivity index (χ1) is 27.7. The summed E-state index contributed by atoms with van der Waals surface area (Å²) in [4.78, 5) is 10.5. The topological polar surface area (TPSA) is 43.9 Å². The van der Waals surface area contributed by atoms with Crippen LogP contribution >= 0.6 is 0 Å². The van der Waals surface area contributed by atoms with Gasteiger partial charge >= 0.3 is 0 Å². The Hall–Kier alpha value is -7.56. The van der Waals surface area contributed by atoms with Crippen molar-refractivity contribution >= 4 is 43.7 Å². The number of furan rings is 1. The van der Waals surface area contributed by atoms with Gasteiger partial charge in [-0.15, -0.1) is 0 Å². The van der Waals surface area contributed by atoms with Crippen molar-refractivity contribution in [2.24, 2.45) is 0 Å². The number of rotatable bonds is 6. The van der Waals surface area contributed by atoms with Crippen LogP contribution in [0.25, 0.3) is 106 Å². The van der Waals surface area contributed by atoms with Crippen LogP contribution in [0.4, 0.5) is 0 Å². The first kappa shape index (κ1) is 31.9. The standard InChI is InChI=1S/C52H33N3O/c1-3-12-34(13-4-1)36-22-26-38(27-23-36)45-33-46(39-28-24-37(25-29-39)35-14-5-2-6-15-35)54-52(53-45)40-30-31-42-41-16-7-9-19-47(41)55(49(42)32-40)48-20-11-18-44-43-17-8-10-21-50(43)56-51(44)48/h1-33H. The second kappa shape index (κ2) is 13.1. The van der Waals surface area contributed by atoms with E-state index >= 15 is 0 Å². The highest BCUT2D eigenvalue weighted by atomic mass is 16.3. The highest BCUT2D eigenvalue weighted by Gasteiger charge is 2.19. The average molecular weight is 716 g/mol. The molecule has 0 aliphatic heterocycles. The summed E-state index contributed by atoms with van der Waals surface area (Å²) in [5.41, 5.74) is 14.3. The van der Waals surface area contributed by atoms with Gasteiger partial charge in [-0.05, 0) is 52.6 Å². The lowest BCUT2D eigenvalue weighted by Gasteiger charge is -2.12. The fourth-order valence-corrected chi connectivity index (χ4v) is 8.08. The van der Waals surface area contributed by atoms with Crippen molar-refractivity contribution < 1.29 is 4.42 Å². The third-order valence-corrected chi connectivity index (χ3v) is 10.9. The zero-order chi connectivity index (χ0) is 37.0. The summed E-state index contributed by atoms with van der Waals surface area (Å²) in [6, 6.07) is 70.2. The van der Waals surface area contributed by atoms with Crippen molar-refractivity contribution in [1.82, 2.24) is 14.5 Å². The van der Waals surface area contributed by atoms with E-state index in [1.54, 1.807) is 0 Å². The van der Waals surface area contributed by atoms with Crippen LogP contribution in [0.1, 0.15) is 0 Å². The summed E-state index contributed by atoms with van der Waals surface area (Å²) in [5, 5.41) is 4.53. The Morgan fingerprint density at radius 2 is 0.839 bits per heavy atom. The van der Waals surface area contributed by atoms with E-state index in [0.29, 0.717) is 5.82 Å². The molecule has 4 heteroatoms. The molecule has 0 radical (unpaired) electrons. The van der Waals surface area contributed by atoms with Crippen molar-refractivity contribution in [3.05, 3.63) is 200 Å². The summed E-state index contributed by atoms with van der Waals surface area (Å²) < 4.78 is 8.90. The Labute approximate surface area is 323 Å². The van der Waals surface area contributed by atoms with Crippen LogP contribution in [0.2, 0.25) is 0 Å². The van der Waals surface area contributed by atoms with Gasteiger partial charge in [-0.3, -0.25) is 0 Å². The minimum atomic E-state index is 0.664. The Kier molecular flexibility index (Phi) is 7.46. The van der Waals surface area contributed by atoms with E-state index < -0.39 is 0 Å². The molecule has 11 aromatic rings. The Morgan fingerprint density at radius 1 is 0.339 bits per heavy atom. The monoisotopic (exact) mass is 715 g/mol. The van der Waals surface area contributed by atoms with E-state index in [0.717, 1.165) is 83.3 Å². The molecule has 4 nitrogen and oxygen atoms in total. The maximum absolute atomic E-state index is 6.58. The van der Waals surface area contributed by atoms with Crippen molar-refractivity contribution in [2.45, 2.75) is 0 Å². The van der Waals surface area contributed by atoms with E-state index in [9.17, 15) is 0 Å². The molecule has 0 bridgehead atoms. The molecule has 0 atom stereocenters. The Morgan fingerprint density at radius 3 is 1.50 bits per heavy atom. The van der Waals surface area contributed by atoms with Crippen molar-refractivity contribution in [2.75, 3.05) is 0 Å². The molecule has 262 valence electrons. The molecule has 0 aliphatic rings. The number of nitrogens with zero attached hydrogens (tertiary/aromatic N) is 3. The first-order valence-corrected chi connectivity index (χ1v) is 18.9. The second-order valence-corrected chi connectivity index (χ2v) is 14.2. The first-order valence-electron chi connectivity index (χ1n) is 18.9. The smallest absolute Gasteiger partial charge is 0.160 e. The number of aromatic nitrogens is 3. The van der Waals surface area contributed by atoms with E-state index in [1.165, 1.54) is 16.5 Å². The number of benzene rings is 8. The summed E-state index contributed by atoms with van der Waals surface area (Å²) >= 11 is 0. The molecule has 3 aromatic heterocycles. The van der Waals surface area contributed by atoms with Crippen LogP contribution in [0.5, 0.6) is 0 Å². The van der Waals surface area contributed by atoms with Gasteiger partial charge in [0.05, 0.1) is 28.1 Å². The number of hydrogen-bond donors (Lipinski definition) is 0. The zero-order valence-electron chi connectivity index (χ0n) is 30.3. The predicted octanol–water partition coefficient (Wildman–Crippen LogP) is 13.8. The third kappa shape index (κ3) is 5.39. The molecule has 56 heavy (non-hydrogen) atoms. The molecule has 0 saturated carbocycles. The lowest BCUT2D eigenvalue weighted by atomic mass is 10.0. The van der Waals surface area contributed by atoms with Gasteiger partial charge < -0.3 is 8.98 Å². The van der Waals surface area contributed by atoms with Gasteiger partial charge in [-0.25, -0.2) is 9.97 Å². The van der Waals surface area contributed by atoms with Crippen LogP contribution in [0, 0.1) is 0 Å². The fraction of sp³-hybridized carbons (Fsp3) is 0. The number of para-hydroxylation sites is 3. The van der Waals surface area contributed by atoms with Crippen LogP contribution in [0.15, 0.2) is 205 Å². The van der Waals surface area contributed by atoms with Gasteiger partial charge in [0, 0.05) is 38.2 Å². The molecular weight excluding hydrogens is 683 g/mol. The number of hydrogen-bond acceptors (Lipinski definition) is 3. The maximum Gasteiger partial charge on any atom is 0.160 e. The van der Waals surface area contributed by atoms with Gasteiger partial charge in [0.15, 0.2) is 11.4 Å². The van der Waals surface area contributed by atoms with Crippen molar-refractivity contribution in [3.8, 4) is 61.8 Å². The predicted molar refractivity (Wildman–Crippen MR) is 231 cm³/mol. The average Bonchev–Trinajstić information content (AvgIpc) is 3.83. The molecule has 0 amide bonds. The summed E-state index contributed by atoms with van der Waals surface area (Å²) in [6.45, 7) is 0. The van der Waals surface area contributed by atoms with Crippen LogP contribution in [-0.4, -0.2) is 14.5 Å². The highest BCUT2D eigenvalue weighted by Crippen LogP contribution is 2.39. The maximum atomic E-state index is 6.58. The minimum absolute atomic E-state index is 0.664. The van der Waals surface area contributed by atoms with Gasteiger partial charge in [0.2, 0.25) is 0 Å². The van der Waals surface area contributed by atoms with Gasteiger partial charge in [-0.1, -0.05) is 170 Å². The molecule has 0 spiro atoms. The molecule has 0 N–H and O–H groups in total. The largest absolute Gasteiger partial charge is 0.454 e. The van der Waals surface area contributed by atoms with E-state index in [1.807, 2.05) is 24.3 Å². The zero-order valence-corrected chi connectivity index (χ0v) is 30.3. The molecular formula is C52H33N3O. The van der Waals surface area contributed by atoms with Gasteiger partial charge in [-0.2, -0.15) is 0 Å². The molecule has 0 aliphatic carbocycles. The molecule has 0 fully saturated rings. The minimum Gasteiger partial charge on any atom is -0.454 e. The van der Waals surface area contributed by atoms with E-state index in [4.69, 9.17) is 14.4 Å². The molecule has 0 unspecified atom stereocenters. The summed E-state index contributed by atoms with van der Waals surface area (Å²) in [7, 11) is 0. The molecule has 8 aromatic carbocycles. The normalized spacial score (nSPS) is 11.6. The summed E-state index contributed by atoms with van der Waals surface area (Å²) in [6.07, 6.45) is 0. The highest BCUT2D eigenvalue weighted by molar-refractivity contribution is 6.13. The number of fused-ring (bicyclic) bond motifs is 6. The van der Waals surface area contributed by atoms with Gasteiger partial charge in [0.25, 0.3) is 0 Å². The third-order valence-electron chi connectivity index (χ3n) is 10.9. The molecule has 0 saturated heterocycles. The van der Waals surface area contributed by atoms with Crippen molar-refractivity contribution in [1.29, 1.82) is 0 Å². The molecule has 3 heterocycles. The Bertz CT molecular complexity index is 3110.